The highest BCUT2D eigenvalue weighted by Crippen LogP contribution is 2.46. The van der Waals surface area contributed by atoms with Crippen molar-refractivity contribution in [3.63, 3.8) is 0 Å². The third-order valence-corrected chi connectivity index (χ3v) is 4.73. The minimum atomic E-state index is -0.268. The molecule has 104 valence electrons. The fourth-order valence-electron chi connectivity index (χ4n) is 2.50. The molecular formula is C16H14BrFO2. The van der Waals surface area contributed by atoms with Gasteiger partial charge in [-0.25, -0.2) is 4.39 Å². The first-order valence-corrected chi connectivity index (χ1v) is 7.31. The van der Waals surface area contributed by atoms with Gasteiger partial charge in [-0.1, -0.05) is 40.2 Å². The lowest BCUT2D eigenvalue weighted by Crippen LogP contribution is -2.09. The molecule has 2 aromatic rings. The Hall–Kier alpha value is -1.55. The molecule has 0 bridgehead atoms. The molecule has 0 aliphatic carbocycles. The molecule has 4 heteroatoms. The standard InChI is InChI=1S/C16H14BrFO2/c1-19-10-6-7-12(14(18)8-10)16(17)13-9-20-15-5-3-2-4-11(13)15/h2-8,13,16H,9H2,1H3. The van der Waals surface area contributed by atoms with Crippen molar-refractivity contribution < 1.29 is 13.9 Å². The van der Waals surface area contributed by atoms with Crippen LogP contribution in [-0.4, -0.2) is 13.7 Å². The Morgan fingerprint density at radius 1 is 1.30 bits per heavy atom. The Bertz CT molecular complexity index is 630. The Morgan fingerprint density at radius 2 is 2.10 bits per heavy atom. The van der Waals surface area contributed by atoms with Gasteiger partial charge < -0.3 is 9.47 Å². The van der Waals surface area contributed by atoms with E-state index < -0.39 is 0 Å². The van der Waals surface area contributed by atoms with Gasteiger partial charge in [-0.3, -0.25) is 0 Å². The second kappa shape index (κ2) is 5.44. The van der Waals surface area contributed by atoms with Crippen LogP contribution in [0.1, 0.15) is 21.9 Å². The molecule has 3 rings (SSSR count). The molecule has 0 amide bonds. The normalized spacial score (nSPS) is 18.2. The zero-order valence-corrected chi connectivity index (χ0v) is 12.6. The summed E-state index contributed by atoms with van der Waals surface area (Å²) >= 11 is 3.62. The lowest BCUT2D eigenvalue weighted by atomic mass is 9.93. The van der Waals surface area contributed by atoms with Gasteiger partial charge in [0.25, 0.3) is 0 Å². The largest absolute Gasteiger partial charge is 0.497 e. The fraction of sp³-hybridized carbons (Fsp3) is 0.250. The number of methoxy groups -OCH3 is 1. The summed E-state index contributed by atoms with van der Waals surface area (Å²) in [6.07, 6.45) is 0. The van der Waals surface area contributed by atoms with E-state index in [1.54, 1.807) is 12.1 Å². The lowest BCUT2D eigenvalue weighted by Gasteiger charge is -2.18. The number of alkyl halides is 1. The first-order chi connectivity index (χ1) is 9.70. The Labute approximate surface area is 125 Å². The maximum Gasteiger partial charge on any atom is 0.131 e. The van der Waals surface area contributed by atoms with Crippen LogP contribution in [0.3, 0.4) is 0 Å². The van der Waals surface area contributed by atoms with Crippen LogP contribution in [0.4, 0.5) is 4.39 Å². The molecule has 0 saturated carbocycles. The van der Waals surface area contributed by atoms with Gasteiger partial charge in [0.2, 0.25) is 0 Å². The van der Waals surface area contributed by atoms with Crippen molar-refractivity contribution in [3.8, 4) is 11.5 Å². The predicted molar refractivity (Wildman–Crippen MR) is 79.3 cm³/mol. The van der Waals surface area contributed by atoms with Crippen molar-refractivity contribution in [2.24, 2.45) is 0 Å². The molecule has 1 heterocycles. The number of para-hydroxylation sites is 1. The van der Waals surface area contributed by atoms with E-state index in [0.717, 1.165) is 11.3 Å². The van der Waals surface area contributed by atoms with Crippen molar-refractivity contribution >= 4 is 15.9 Å². The third-order valence-electron chi connectivity index (χ3n) is 3.59. The first-order valence-electron chi connectivity index (χ1n) is 6.40. The van der Waals surface area contributed by atoms with Crippen LogP contribution in [0.25, 0.3) is 0 Å². The van der Waals surface area contributed by atoms with Gasteiger partial charge in [0.15, 0.2) is 0 Å². The van der Waals surface area contributed by atoms with Crippen molar-refractivity contribution in [2.45, 2.75) is 10.7 Å². The van der Waals surface area contributed by atoms with Gasteiger partial charge >= 0.3 is 0 Å². The zero-order valence-electron chi connectivity index (χ0n) is 11.0. The highest BCUT2D eigenvalue weighted by Gasteiger charge is 2.32. The van der Waals surface area contributed by atoms with E-state index in [0.29, 0.717) is 17.9 Å². The highest BCUT2D eigenvalue weighted by atomic mass is 79.9. The van der Waals surface area contributed by atoms with Crippen LogP contribution in [0.15, 0.2) is 42.5 Å². The molecule has 0 N–H and O–H groups in total. The van der Waals surface area contributed by atoms with E-state index in [1.807, 2.05) is 24.3 Å². The summed E-state index contributed by atoms with van der Waals surface area (Å²) in [6.45, 7) is 0.556. The Kier molecular flexibility index (Phi) is 3.66. The van der Waals surface area contributed by atoms with Gasteiger partial charge in [-0.15, -0.1) is 0 Å². The van der Waals surface area contributed by atoms with Crippen LogP contribution in [0.5, 0.6) is 11.5 Å². The Balaban J connectivity index is 1.92. The van der Waals surface area contributed by atoms with Crippen LogP contribution < -0.4 is 9.47 Å². The molecule has 20 heavy (non-hydrogen) atoms. The van der Waals surface area contributed by atoms with Gasteiger partial charge in [0.1, 0.15) is 17.3 Å². The number of hydrogen-bond acceptors (Lipinski definition) is 2. The van der Waals surface area contributed by atoms with Crippen LogP contribution >= 0.6 is 15.9 Å². The second-order valence-electron chi connectivity index (χ2n) is 4.74. The number of ether oxygens (including phenoxy) is 2. The first kappa shape index (κ1) is 13.4. The van der Waals surface area contributed by atoms with E-state index >= 15 is 0 Å². The minimum Gasteiger partial charge on any atom is -0.497 e. The SMILES string of the molecule is COc1ccc(C(Br)C2COc3ccccc32)c(F)c1. The highest BCUT2D eigenvalue weighted by molar-refractivity contribution is 9.09. The number of rotatable bonds is 3. The summed E-state index contributed by atoms with van der Waals surface area (Å²) in [5, 5.41) is 0. The van der Waals surface area contributed by atoms with Crippen molar-refractivity contribution in [1.29, 1.82) is 0 Å². The van der Waals surface area contributed by atoms with Gasteiger partial charge in [-0.05, 0) is 12.1 Å². The van der Waals surface area contributed by atoms with Gasteiger partial charge in [0, 0.05) is 23.1 Å². The lowest BCUT2D eigenvalue weighted by molar-refractivity contribution is 0.328. The molecule has 0 saturated heterocycles. The zero-order chi connectivity index (χ0) is 14.1. The maximum absolute atomic E-state index is 14.2. The summed E-state index contributed by atoms with van der Waals surface area (Å²) in [5.74, 6) is 1.24. The summed E-state index contributed by atoms with van der Waals surface area (Å²) < 4.78 is 24.9. The number of halogens is 2. The number of benzene rings is 2. The number of hydrogen-bond donors (Lipinski definition) is 0. The predicted octanol–water partition coefficient (Wildman–Crippen LogP) is 4.45. The molecule has 2 aromatic carbocycles. The smallest absolute Gasteiger partial charge is 0.131 e. The summed E-state index contributed by atoms with van der Waals surface area (Å²) in [5.41, 5.74) is 1.74. The molecule has 0 aromatic heterocycles. The van der Waals surface area contributed by atoms with E-state index in [9.17, 15) is 4.39 Å². The average molecular weight is 337 g/mol. The molecule has 2 nitrogen and oxygen atoms in total. The summed E-state index contributed by atoms with van der Waals surface area (Å²) in [7, 11) is 1.53. The summed E-state index contributed by atoms with van der Waals surface area (Å²) in [6, 6.07) is 12.8. The monoisotopic (exact) mass is 336 g/mol. The van der Waals surface area contributed by atoms with Crippen molar-refractivity contribution in [1.82, 2.24) is 0 Å². The molecule has 0 fully saturated rings. The number of fused-ring (bicyclic) bond motifs is 1. The Morgan fingerprint density at radius 3 is 2.85 bits per heavy atom. The molecule has 0 radical (unpaired) electrons. The van der Waals surface area contributed by atoms with Gasteiger partial charge in [0.05, 0.1) is 18.5 Å². The molecule has 0 spiro atoms. The third kappa shape index (κ3) is 2.29. The molecule has 2 atom stereocenters. The molecule has 1 aliphatic heterocycles. The van der Waals surface area contributed by atoms with Crippen LogP contribution in [-0.2, 0) is 0 Å². The summed E-state index contributed by atoms with van der Waals surface area (Å²) in [4.78, 5) is -0.128. The molecular weight excluding hydrogens is 323 g/mol. The molecule has 2 unspecified atom stereocenters. The van der Waals surface area contributed by atoms with Crippen LogP contribution in [0, 0.1) is 5.82 Å². The maximum atomic E-state index is 14.2. The van der Waals surface area contributed by atoms with Gasteiger partial charge in [-0.2, -0.15) is 0 Å². The minimum absolute atomic E-state index is 0.106. The fourth-order valence-corrected chi connectivity index (χ4v) is 3.31. The van der Waals surface area contributed by atoms with E-state index in [4.69, 9.17) is 9.47 Å². The van der Waals surface area contributed by atoms with E-state index in [2.05, 4.69) is 15.9 Å². The van der Waals surface area contributed by atoms with E-state index in [-0.39, 0.29) is 16.6 Å². The van der Waals surface area contributed by atoms with Crippen LogP contribution in [0.2, 0.25) is 0 Å². The van der Waals surface area contributed by atoms with E-state index in [1.165, 1.54) is 13.2 Å². The topological polar surface area (TPSA) is 18.5 Å². The molecule has 1 aliphatic rings. The van der Waals surface area contributed by atoms with Crippen molar-refractivity contribution in [2.75, 3.05) is 13.7 Å². The quantitative estimate of drug-likeness (QED) is 0.771. The average Bonchev–Trinajstić information content (AvgIpc) is 2.90. The van der Waals surface area contributed by atoms with Crippen molar-refractivity contribution in [3.05, 3.63) is 59.4 Å². The second-order valence-corrected chi connectivity index (χ2v) is 5.73.